The molecule has 0 radical (unpaired) electrons. The van der Waals surface area contributed by atoms with Crippen molar-refractivity contribution in [2.24, 2.45) is 5.10 Å². The second-order valence-corrected chi connectivity index (χ2v) is 2.32. The Morgan fingerprint density at radius 3 is 2.67 bits per heavy atom. The van der Waals surface area contributed by atoms with Crippen LogP contribution in [0.25, 0.3) is 0 Å². The van der Waals surface area contributed by atoms with Gasteiger partial charge in [0, 0.05) is 6.54 Å². The zero-order chi connectivity index (χ0) is 9.56. The van der Waals surface area contributed by atoms with E-state index in [1.54, 1.807) is 13.0 Å². The molecule has 0 fully saturated rings. The standard InChI is InChI=1S/C8H14N2O2/c1-4-7(3)9-10(5-2)6-8(11)12/h4H,1,5-6H2,2-3H3,(H,11,12)/b9-7-. The van der Waals surface area contributed by atoms with Crippen LogP contribution in [0, 0.1) is 0 Å². The number of allylic oxidation sites excluding steroid dienone is 1. The van der Waals surface area contributed by atoms with Gasteiger partial charge in [0.2, 0.25) is 0 Å². The lowest BCUT2D eigenvalue weighted by molar-refractivity contribution is -0.138. The third-order valence-electron chi connectivity index (χ3n) is 1.28. The first-order valence-corrected chi connectivity index (χ1v) is 3.74. The van der Waals surface area contributed by atoms with Crippen molar-refractivity contribution in [2.75, 3.05) is 13.1 Å². The molecule has 68 valence electrons. The lowest BCUT2D eigenvalue weighted by atomic mass is 10.4. The molecule has 0 unspecified atom stereocenters. The molecule has 12 heavy (non-hydrogen) atoms. The number of hydrogen-bond acceptors (Lipinski definition) is 3. The lowest BCUT2D eigenvalue weighted by Gasteiger charge is -2.14. The molecule has 0 spiro atoms. The summed E-state index contributed by atoms with van der Waals surface area (Å²) < 4.78 is 0. The summed E-state index contributed by atoms with van der Waals surface area (Å²) in [5, 5.41) is 13.9. The van der Waals surface area contributed by atoms with Gasteiger partial charge in [0.1, 0.15) is 6.54 Å². The maximum absolute atomic E-state index is 10.3. The van der Waals surface area contributed by atoms with Gasteiger partial charge >= 0.3 is 5.97 Å². The molecule has 1 N–H and O–H groups in total. The van der Waals surface area contributed by atoms with E-state index < -0.39 is 5.97 Å². The van der Waals surface area contributed by atoms with E-state index in [2.05, 4.69) is 11.7 Å². The van der Waals surface area contributed by atoms with Crippen LogP contribution in [0.1, 0.15) is 13.8 Å². The van der Waals surface area contributed by atoms with Gasteiger partial charge in [-0.1, -0.05) is 6.58 Å². The summed E-state index contributed by atoms with van der Waals surface area (Å²) in [6.07, 6.45) is 1.59. The molecule has 0 heterocycles. The summed E-state index contributed by atoms with van der Waals surface area (Å²) in [6, 6.07) is 0. The van der Waals surface area contributed by atoms with Crippen LogP contribution in [0.3, 0.4) is 0 Å². The highest BCUT2D eigenvalue weighted by Crippen LogP contribution is 1.90. The molecule has 0 aromatic heterocycles. The summed E-state index contributed by atoms with van der Waals surface area (Å²) in [5.41, 5.74) is 0.720. The Kier molecular flexibility index (Phi) is 4.76. The van der Waals surface area contributed by atoms with E-state index in [0.29, 0.717) is 6.54 Å². The average molecular weight is 170 g/mol. The predicted octanol–water partition coefficient (Wildman–Crippen LogP) is 0.955. The zero-order valence-electron chi connectivity index (χ0n) is 7.45. The second kappa shape index (κ2) is 5.35. The molecule has 0 amide bonds. The number of likely N-dealkylation sites (N-methyl/N-ethyl adjacent to an activating group) is 1. The second-order valence-electron chi connectivity index (χ2n) is 2.32. The van der Waals surface area contributed by atoms with Crippen LogP contribution in [-0.2, 0) is 4.79 Å². The highest BCUT2D eigenvalue weighted by molar-refractivity contribution is 5.92. The van der Waals surface area contributed by atoms with Crippen molar-refractivity contribution in [1.82, 2.24) is 5.01 Å². The largest absolute Gasteiger partial charge is 0.480 e. The number of nitrogens with zero attached hydrogens (tertiary/aromatic N) is 2. The molecule has 0 aliphatic carbocycles. The van der Waals surface area contributed by atoms with Crippen molar-refractivity contribution in [2.45, 2.75) is 13.8 Å². The van der Waals surface area contributed by atoms with E-state index in [9.17, 15) is 4.79 Å². The van der Waals surface area contributed by atoms with Crippen LogP contribution in [-0.4, -0.2) is 34.9 Å². The molecule has 0 aromatic carbocycles. The summed E-state index contributed by atoms with van der Waals surface area (Å²) >= 11 is 0. The van der Waals surface area contributed by atoms with Gasteiger partial charge in [0.05, 0.1) is 5.71 Å². The molecular weight excluding hydrogens is 156 g/mol. The Bertz CT molecular complexity index is 199. The lowest BCUT2D eigenvalue weighted by Crippen LogP contribution is -2.25. The van der Waals surface area contributed by atoms with Crippen molar-refractivity contribution < 1.29 is 9.90 Å². The smallest absolute Gasteiger partial charge is 0.324 e. The molecule has 0 atom stereocenters. The highest BCUT2D eigenvalue weighted by Gasteiger charge is 2.03. The van der Waals surface area contributed by atoms with Crippen molar-refractivity contribution in [3.8, 4) is 0 Å². The molecular formula is C8H14N2O2. The number of carboxylic acid groups (broad SMARTS) is 1. The summed E-state index contributed by atoms with van der Waals surface area (Å²) in [7, 11) is 0. The number of hydrazone groups is 1. The number of hydrogen-bond donors (Lipinski definition) is 1. The fraction of sp³-hybridized carbons (Fsp3) is 0.500. The summed E-state index contributed by atoms with van der Waals surface area (Å²) in [6.45, 7) is 7.66. The van der Waals surface area contributed by atoms with Crippen molar-refractivity contribution in [3.05, 3.63) is 12.7 Å². The molecule has 0 aliphatic rings. The van der Waals surface area contributed by atoms with Gasteiger partial charge in [0.25, 0.3) is 0 Å². The number of carboxylic acids is 1. The fourth-order valence-corrected chi connectivity index (χ4v) is 0.638. The topological polar surface area (TPSA) is 52.9 Å². The SMILES string of the molecule is C=C/C(C)=N\N(CC)CC(=O)O. The van der Waals surface area contributed by atoms with Gasteiger partial charge in [-0.3, -0.25) is 9.80 Å². The molecule has 4 heteroatoms. The monoisotopic (exact) mass is 170 g/mol. The van der Waals surface area contributed by atoms with E-state index in [1.165, 1.54) is 5.01 Å². The summed E-state index contributed by atoms with van der Waals surface area (Å²) in [4.78, 5) is 10.3. The van der Waals surface area contributed by atoms with Gasteiger partial charge in [-0.05, 0) is 19.9 Å². The quantitative estimate of drug-likeness (QED) is 0.493. The Morgan fingerprint density at radius 1 is 1.75 bits per heavy atom. The van der Waals surface area contributed by atoms with Crippen LogP contribution >= 0.6 is 0 Å². The third kappa shape index (κ3) is 4.49. The molecule has 0 bridgehead atoms. The minimum Gasteiger partial charge on any atom is -0.480 e. The van der Waals surface area contributed by atoms with Crippen molar-refractivity contribution in [1.29, 1.82) is 0 Å². The van der Waals surface area contributed by atoms with Crippen LogP contribution < -0.4 is 0 Å². The van der Waals surface area contributed by atoms with Crippen LogP contribution in [0.4, 0.5) is 0 Å². The third-order valence-corrected chi connectivity index (χ3v) is 1.28. The predicted molar refractivity (Wildman–Crippen MR) is 48.2 cm³/mol. The summed E-state index contributed by atoms with van der Waals surface area (Å²) in [5.74, 6) is -0.877. The average Bonchev–Trinajstić information content (AvgIpc) is 2.02. The van der Waals surface area contributed by atoms with Crippen LogP contribution in [0.15, 0.2) is 17.8 Å². The van der Waals surface area contributed by atoms with Crippen LogP contribution in [0.5, 0.6) is 0 Å². The van der Waals surface area contributed by atoms with E-state index in [-0.39, 0.29) is 6.54 Å². The van der Waals surface area contributed by atoms with Gasteiger partial charge in [-0.15, -0.1) is 0 Å². The number of aliphatic carboxylic acids is 1. The van der Waals surface area contributed by atoms with Gasteiger partial charge in [0.15, 0.2) is 0 Å². The molecule has 0 saturated carbocycles. The van der Waals surface area contributed by atoms with E-state index in [1.807, 2.05) is 6.92 Å². The minimum absolute atomic E-state index is 0.0678. The number of rotatable bonds is 5. The Hall–Kier alpha value is -1.32. The maximum atomic E-state index is 10.3. The van der Waals surface area contributed by atoms with Crippen LogP contribution in [0.2, 0.25) is 0 Å². The Balaban J connectivity index is 4.16. The van der Waals surface area contributed by atoms with E-state index in [0.717, 1.165) is 5.71 Å². The normalized spacial score (nSPS) is 11.0. The molecule has 0 saturated heterocycles. The molecule has 4 nitrogen and oxygen atoms in total. The van der Waals surface area contributed by atoms with E-state index >= 15 is 0 Å². The Labute approximate surface area is 72.2 Å². The molecule has 0 aromatic rings. The Morgan fingerprint density at radius 2 is 2.33 bits per heavy atom. The van der Waals surface area contributed by atoms with Gasteiger partial charge < -0.3 is 5.11 Å². The molecule has 0 aliphatic heterocycles. The van der Waals surface area contributed by atoms with Crippen molar-refractivity contribution in [3.63, 3.8) is 0 Å². The van der Waals surface area contributed by atoms with E-state index in [4.69, 9.17) is 5.11 Å². The number of carbonyl (C=O) groups is 1. The van der Waals surface area contributed by atoms with Gasteiger partial charge in [-0.2, -0.15) is 5.10 Å². The fourth-order valence-electron chi connectivity index (χ4n) is 0.638. The first-order valence-electron chi connectivity index (χ1n) is 3.74. The zero-order valence-corrected chi connectivity index (χ0v) is 7.45. The first kappa shape index (κ1) is 10.7. The maximum Gasteiger partial charge on any atom is 0.324 e. The van der Waals surface area contributed by atoms with Gasteiger partial charge in [-0.25, -0.2) is 0 Å². The molecule has 0 rings (SSSR count). The van der Waals surface area contributed by atoms with Crippen molar-refractivity contribution >= 4 is 11.7 Å². The highest BCUT2D eigenvalue weighted by atomic mass is 16.4. The first-order chi connectivity index (χ1) is 5.60. The minimum atomic E-state index is -0.877.